The number of aromatic nitrogens is 5. The summed E-state index contributed by atoms with van der Waals surface area (Å²) in [6, 6.07) is 4.93. The number of fused-ring (bicyclic) bond motifs is 1. The van der Waals surface area contributed by atoms with Crippen LogP contribution in [0.1, 0.15) is 5.82 Å². The molecule has 0 fully saturated rings. The van der Waals surface area contributed by atoms with Crippen LogP contribution in [-0.2, 0) is 10.0 Å². The zero-order valence-electron chi connectivity index (χ0n) is 15.7. The Hall–Kier alpha value is -3.44. The molecule has 0 radical (unpaired) electrons. The van der Waals surface area contributed by atoms with Gasteiger partial charge in [0.25, 0.3) is 15.6 Å². The maximum atomic E-state index is 12.7. The summed E-state index contributed by atoms with van der Waals surface area (Å²) in [5.74, 6) is 0.546. The van der Waals surface area contributed by atoms with Crippen LogP contribution in [0.25, 0.3) is 16.8 Å². The molecule has 0 saturated carbocycles. The Bertz CT molecular complexity index is 1430. The van der Waals surface area contributed by atoms with Crippen molar-refractivity contribution in [3.63, 3.8) is 0 Å². The van der Waals surface area contributed by atoms with E-state index in [-0.39, 0.29) is 21.6 Å². The standard InChI is InChI=1S/C18H15ClN6O4S/c1-10-20-8-16(23-10)30(27,28)24-14-5-12(6-22-17(14)29-2)11-3-4-15-21-7-13(19)18(26)25(15)9-11/h3-9,24H,1-2H3,(H,20,23). The average molecular weight is 447 g/mol. The lowest BCUT2D eigenvalue weighted by atomic mass is 10.1. The number of nitrogens with one attached hydrogen (secondary N) is 2. The van der Waals surface area contributed by atoms with E-state index in [0.717, 1.165) is 0 Å². The highest BCUT2D eigenvalue weighted by atomic mass is 35.5. The summed E-state index contributed by atoms with van der Waals surface area (Å²) in [7, 11) is -2.56. The van der Waals surface area contributed by atoms with E-state index in [1.165, 1.54) is 30.1 Å². The van der Waals surface area contributed by atoms with E-state index in [4.69, 9.17) is 16.3 Å². The van der Waals surface area contributed by atoms with Gasteiger partial charge in [-0.2, -0.15) is 8.42 Å². The Morgan fingerprint density at radius 1 is 1.13 bits per heavy atom. The first-order chi connectivity index (χ1) is 14.3. The maximum Gasteiger partial charge on any atom is 0.279 e. The molecule has 4 rings (SSSR count). The van der Waals surface area contributed by atoms with Gasteiger partial charge in [-0.05, 0) is 25.1 Å². The molecule has 0 spiro atoms. The molecule has 0 aromatic carbocycles. The van der Waals surface area contributed by atoms with Crippen LogP contribution in [0.4, 0.5) is 5.69 Å². The van der Waals surface area contributed by atoms with E-state index < -0.39 is 15.6 Å². The Balaban J connectivity index is 1.79. The molecule has 0 unspecified atom stereocenters. The molecule has 12 heteroatoms. The topological polar surface area (TPSA) is 131 Å². The lowest BCUT2D eigenvalue weighted by Gasteiger charge is -2.12. The van der Waals surface area contributed by atoms with Gasteiger partial charge in [0.1, 0.15) is 22.2 Å². The van der Waals surface area contributed by atoms with Gasteiger partial charge in [0.2, 0.25) is 5.88 Å². The van der Waals surface area contributed by atoms with E-state index in [0.29, 0.717) is 22.6 Å². The van der Waals surface area contributed by atoms with Crippen molar-refractivity contribution in [1.29, 1.82) is 0 Å². The van der Waals surface area contributed by atoms with Crippen molar-refractivity contribution < 1.29 is 13.2 Å². The third kappa shape index (κ3) is 3.60. The molecular weight excluding hydrogens is 432 g/mol. The molecule has 0 aliphatic rings. The third-order valence-corrected chi connectivity index (χ3v) is 5.79. The summed E-state index contributed by atoms with van der Waals surface area (Å²) in [5.41, 5.74) is 1.27. The van der Waals surface area contributed by atoms with Crippen molar-refractivity contribution in [2.75, 3.05) is 11.8 Å². The molecular formula is C18H15ClN6O4S. The van der Waals surface area contributed by atoms with Gasteiger partial charge in [-0.25, -0.2) is 15.0 Å². The summed E-state index contributed by atoms with van der Waals surface area (Å²) < 4.78 is 34.2. The number of methoxy groups -OCH3 is 1. The minimum Gasteiger partial charge on any atom is -0.480 e. The fraction of sp³-hybridized carbons (Fsp3) is 0.111. The number of nitrogens with zero attached hydrogens (tertiary/aromatic N) is 4. The van der Waals surface area contributed by atoms with Gasteiger partial charge in [-0.3, -0.25) is 13.9 Å². The largest absolute Gasteiger partial charge is 0.480 e. The van der Waals surface area contributed by atoms with E-state index >= 15 is 0 Å². The van der Waals surface area contributed by atoms with Gasteiger partial charge < -0.3 is 9.72 Å². The number of pyridine rings is 2. The predicted molar refractivity (Wildman–Crippen MR) is 110 cm³/mol. The molecule has 0 aliphatic heterocycles. The summed E-state index contributed by atoms with van der Waals surface area (Å²) in [5, 5.41) is -0.105. The highest BCUT2D eigenvalue weighted by Crippen LogP contribution is 2.30. The van der Waals surface area contributed by atoms with Crippen LogP contribution in [0.5, 0.6) is 5.88 Å². The second-order valence-electron chi connectivity index (χ2n) is 6.28. The van der Waals surface area contributed by atoms with Crippen LogP contribution in [-0.4, -0.2) is 39.9 Å². The first-order valence-corrected chi connectivity index (χ1v) is 10.4. The van der Waals surface area contributed by atoms with Crippen LogP contribution >= 0.6 is 11.6 Å². The van der Waals surface area contributed by atoms with Gasteiger partial charge in [-0.15, -0.1) is 0 Å². The van der Waals surface area contributed by atoms with Crippen molar-refractivity contribution >= 4 is 33.0 Å². The normalized spacial score (nSPS) is 11.6. The number of H-pyrrole nitrogens is 1. The van der Waals surface area contributed by atoms with Gasteiger partial charge >= 0.3 is 0 Å². The molecule has 0 bridgehead atoms. The Labute approximate surface area is 175 Å². The number of ether oxygens (including phenoxy) is 1. The van der Waals surface area contributed by atoms with Crippen molar-refractivity contribution in [2.45, 2.75) is 11.9 Å². The van der Waals surface area contributed by atoms with E-state index in [2.05, 4.69) is 24.7 Å². The first kappa shape index (κ1) is 19.9. The minimum atomic E-state index is -3.94. The van der Waals surface area contributed by atoms with Crippen LogP contribution in [0.15, 0.2) is 52.8 Å². The number of sulfonamides is 1. The number of aryl methyl sites for hydroxylation is 1. The number of anilines is 1. The fourth-order valence-electron chi connectivity index (χ4n) is 2.81. The number of halogens is 1. The van der Waals surface area contributed by atoms with Gasteiger partial charge in [0, 0.05) is 23.5 Å². The van der Waals surface area contributed by atoms with E-state index in [9.17, 15) is 13.2 Å². The SMILES string of the molecule is COc1ncc(-c2ccc3ncc(Cl)c(=O)n3c2)cc1NS(=O)(=O)c1cnc(C)[nH]1. The number of imidazole rings is 1. The third-order valence-electron chi connectivity index (χ3n) is 4.25. The highest BCUT2D eigenvalue weighted by molar-refractivity contribution is 7.92. The quantitative estimate of drug-likeness (QED) is 0.480. The molecule has 30 heavy (non-hydrogen) atoms. The minimum absolute atomic E-state index is 0.0131. The number of hydrogen-bond donors (Lipinski definition) is 2. The fourth-order valence-corrected chi connectivity index (χ4v) is 3.96. The van der Waals surface area contributed by atoms with Gasteiger partial charge in [0.05, 0.1) is 19.5 Å². The summed E-state index contributed by atoms with van der Waals surface area (Å²) >= 11 is 5.87. The van der Waals surface area contributed by atoms with E-state index in [1.54, 1.807) is 31.3 Å². The molecule has 0 amide bonds. The molecule has 154 valence electrons. The average Bonchev–Trinajstić information content (AvgIpc) is 3.18. The second-order valence-corrected chi connectivity index (χ2v) is 8.33. The van der Waals surface area contributed by atoms with Crippen molar-refractivity contribution in [3.05, 3.63) is 64.2 Å². The van der Waals surface area contributed by atoms with Crippen LogP contribution < -0.4 is 15.0 Å². The maximum absolute atomic E-state index is 12.7. The van der Waals surface area contributed by atoms with Crippen LogP contribution in [0.2, 0.25) is 5.02 Å². The summed E-state index contributed by atoms with van der Waals surface area (Å²) in [6.07, 6.45) is 5.56. The monoisotopic (exact) mass is 446 g/mol. The molecule has 4 heterocycles. The van der Waals surface area contributed by atoms with Crippen LogP contribution in [0, 0.1) is 6.92 Å². The molecule has 4 aromatic rings. The number of hydrogen-bond acceptors (Lipinski definition) is 7. The highest BCUT2D eigenvalue weighted by Gasteiger charge is 2.20. The molecule has 2 N–H and O–H groups in total. The summed E-state index contributed by atoms with van der Waals surface area (Å²) in [4.78, 5) is 27.1. The zero-order chi connectivity index (χ0) is 21.5. The Morgan fingerprint density at radius 3 is 2.63 bits per heavy atom. The van der Waals surface area contributed by atoms with Crippen molar-refractivity contribution in [1.82, 2.24) is 24.3 Å². The van der Waals surface area contributed by atoms with Gasteiger partial charge in [0.15, 0.2) is 5.03 Å². The molecule has 10 nitrogen and oxygen atoms in total. The van der Waals surface area contributed by atoms with Crippen LogP contribution in [0.3, 0.4) is 0 Å². The molecule has 4 aromatic heterocycles. The van der Waals surface area contributed by atoms with Crippen molar-refractivity contribution in [3.8, 4) is 17.0 Å². The lowest BCUT2D eigenvalue weighted by Crippen LogP contribution is -2.15. The molecule has 0 atom stereocenters. The first-order valence-electron chi connectivity index (χ1n) is 8.54. The zero-order valence-corrected chi connectivity index (χ0v) is 17.3. The summed E-state index contributed by atoms with van der Waals surface area (Å²) in [6.45, 7) is 1.64. The smallest absolute Gasteiger partial charge is 0.279 e. The number of aromatic amines is 1. The Morgan fingerprint density at radius 2 is 1.93 bits per heavy atom. The lowest BCUT2D eigenvalue weighted by molar-refractivity contribution is 0.400. The number of rotatable bonds is 5. The molecule has 0 saturated heterocycles. The second kappa shape index (κ2) is 7.43. The van der Waals surface area contributed by atoms with E-state index in [1.807, 2.05) is 0 Å². The Kier molecular flexibility index (Phi) is 4.92. The molecule has 0 aliphatic carbocycles. The predicted octanol–water partition coefficient (Wildman–Crippen LogP) is 2.25. The van der Waals surface area contributed by atoms with Gasteiger partial charge in [-0.1, -0.05) is 11.6 Å². The van der Waals surface area contributed by atoms with Crippen molar-refractivity contribution in [2.24, 2.45) is 0 Å².